The highest BCUT2D eigenvalue weighted by atomic mass is 16.5. The van der Waals surface area contributed by atoms with E-state index in [2.05, 4.69) is 16.7 Å². The quantitative estimate of drug-likeness (QED) is 0.766. The number of aryl methyl sites for hydroxylation is 2. The maximum absolute atomic E-state index is 12.7. The molecule has 136 valence electrons. The molecule has 0 aliphatic carbocycles. The number of carbonyl (C=O) groups excluding carboxylic acids is 2. The molecule has 0 saturated heterocycles. The van der Waals surface area contributed by atoms with Crippen LogP contribution in [0.5, 0.6) is 5.75 Å². The van der Waals surface area contributed by atoms with E-state index in [9.17, 15) is 9.59 Å². The lowest BCUT2D eigenvalue weighted by Gasteiger charge is -2.14. The van der Waals surface area contributed by atoms with Gasteiger partial charge in [0.15, 0.2) is 6.10 Å². The van der Waals surface area contributed by atoms with Gasteiger partial charge >= 0.3 is 0 Å². The van der Waals surface area contributed by atoms with Crippen molar-refractivity contribution in [3.05, 3.63) is 58.7 Å². The summed E-state index contributed by atoms with van der Waals surface area (Å²) in [6.07, 6.45) is -0.0875. The van der Waals surface area contributed by atoms with Crippen LogP contribution in [-0.2, 0) is 11.2 Å². The zero-order valence-corrected chi connectivity index (χ0v) is 15.0. The van der Waals surface area contributed by atoms with Gasteiger partial charge in [-0.3, -0.25) is 9.59 Å². The van der Waals surface area contributed by atoms with Crippen LogP contribution in [0.15, 0.2) is 36.4 Å². The Morgan fingerprint density at radius 1 is 1.19 bits per heavy atom. The van der Waals surface area contributed by atoms with E-state index < -0.39 is 6.10 Å². The van der Waals surface area contributed by atoms with Gasteiger partial charge in [0.05, 0.1) is 11.3 Å². The molecular weight excluding hydrogens is 330 g/mol. The van der Waals surface area contributed by atoms with E-state index in [1.54, 1.807) is 24.3 Å². The van der Waals surface area contributed by atoms with Gasteiger partial charge in [-0.2, -0.15) is 0 Å². The fourth-order valence-corrected chi connectivity index (χ4v) is 2.94. The van der Waals surface area contributed by atoms with Crippen molar-refractivity contribution < 1.29 is 14.3 Å². The van der Waals surface area contributed by atoms with Crippen molar-refractivity contribution in [1.82, 2.24) is 5.32 Å². The molecule has 1 atom stereocenters. The second-order valence-corrected chi connectivity index (χ2v) is 6.43. The first-order valence-corrected chi connectivity index (χ1v) is 8.64. The number of ether oxygens (including phenoxy) is 1. The van der Waals surface area contributed by atoms with E-state index in [1.165, 1.54) is 5.56 Å². The molecule has 0 fully saturated rings. The summed E-state index contributed by atoms with van der Waals surface area (Å²) in [6, 6.07) is 10.9. The van der Waals surface area contributed by atoms with E-state index in [1.807, 2.05) is 19.9 Å². The van der Waals surface area contributed by atoms with Crippen molar-refractivity contribution in [2.75, 3.05) is 18.4 Å². The first kappa shape index (κ1) is 17.9. The SMILES string of the molecule is Cc1cc2c(cc1C)OC(C(=O)Nc1ccccc1C(=O)NCCN)C2. The Balaban J connectivity index is 1.73. The summed E-state index contributed by atoms with van der Waals surface area (Å²) in [5, 5.41) is 5.53. The molecule has 0 radical (unpaired) electrons. The standard InChI is InChI=1S/C20H23N3O3/c1-12-9-14-11-18(26-17(14)10-13(12)2)20(25)23-16-6-4-3-5-15(16)19(24)22-8-7-21/h3-6,9-10,18H,7-8,11,21H2,1-2H3,(H,22,24)(H,23,25). The lowest BCUT2D eigenvalue weighted by molar-refractivity contribution is -0.122. The minimum atomic E-state index is -0.605. The fraction of sp³-hybridized carbons (Fsp3) is 0.300. The number of nitrogens with one attached hydrogen (secondary N) is 2. The summed E-state index contributed by atoms with van der Waals surface area (Å²) in [7, 11) is 0. The zero-order valence-electron chi connectivity index (χ0n) is 15.0. The highest BCUT2D eigenvalue weighted by Crippen LogP contribution is 2.32. The molecule has 0 spiro atoms. The van der Waals surface area contributed by atoms with Crippen LogP contribution in [0.4, 0.5) is 5.69 Å². The van der Waals surface area contributed by atoms with E-state index in [0.29, 0.717) is 30.8 Å². The second kappa shape index (κ2) is 7.58. The topological polar surface area (TPSA) is 93.4 Å². The van der Waals surface area contributed by atoms with Crippen LogP contribution < -0.4 is 21.1 Å². The van der Waals surface area contributed by atoms with E-state index in [0.717, 1.165) is 16.9 Å². The summed E-state index contributed by atoms with van der Waals surface area (Å²) in [5.41, 5.74) is 9.61. The summed E-state index contributed by atoms with van der Waals surface area (Å²) in [4.78, 5) is 24.9. The van der Waals surface area contributed by atoms with Crippen LogP contribution >= 0.6 is 0 Å². The number of benzene rings is 2. The van der Waals surface area contributed by atoms with Gasteiger partial charge < -0.3 is 21.1 Å². The Hall–Kier alpha value is -2.86. The maximum Gasteiger partial charge on any atom is 0.265 e. The molecule has 6 nitrogen and oxygen atoms in total. The first-order chi connectivity index (χ1) is 12.5. The Bertz CT molecular complexity index is 817. The van der Waals surface area contributed by atoms with Crippen LogP contribution in [-0.4, -0.2) is 31.0 Å². The van der Waals surface area contributed by atoms with Crippen LogP contribution in [0.25, 0.3) is 0 Å². The highest BCUT2D eigenvalue weighted by Gasteiger charge is 2.30. The molecule has 4 N–H and O–H groups in total. The highest BCUT2D eigenvalue weighted by molar-refractivity contribution is 6.04. The number of fused-ring (bicyclic) bond motifs is 1. The summed E-state index contributed by atoms with van der Waals surface area (Å²) < 4.78 is 5.81. The van der Waals surface area contributed by atoms with E-state index in [4.69, 9.17) is 10.5 Å². The van der Waals surface area contributed by atoms with Gasteiger partial charge in [0.25, 0.3) is 11.8 Å². The average Bonchev–Trinajstić information content (AvgIpc) is 3.03. The third-order valence-electron chi connectivity index (χ3n) is 4.50. The van der Waals surface area contributed by atoms with Crippen molar-refractivity contribution >= 4 is 17.5 Å². The second-order valence-electron chi connectivity index (χ2n) is 6.43. The minimum absolute atomic E-state index is 0.268. The fourth-order valence-electron chi connectivity index (χ4n) is 2.94. The molecule has 0 aromatic heterocycles. The molecule has 26 heavy (non-hydrogen) atoms. The molecular formula is C20H23N3O3. The van der Waals surface area contributed by atoms with Crippen molar-refractivity contribution in [1.29, 1.82) is 0 Å². The predicted molar refractivity (Wildman–Crippen MR) is 100 cm³/mol. The van der Waals surface area contributed by atoms with E-state index >= 15 is 0 Å². The Kier molecular flexibility index (Phi) is 5.23. The summed E-state index contributed by atoms with van der Waals surface area (Å²) >= 11 is 0. The molecule has 1 unspecified atom stereocenters. The van der Waals surface area contributed by atoms with Crippen LogP contribution in [0, 0.1) is 13.8 Å². The Morgan fingerprint density at radius 3 is 2.69 bits per heavy atom. The number of amides is 2. The number of carbonyl (C=O) groups is 2. The molecule has 3 rings (SSSR count). The number of nitrogens with two attached hydrogens (primary N) is 1. The van der Waals surface area contributed by atoms with Crippen LogP contribution in [0.1, 0.15) is 27.0 Å². The maximum atomic E-state index is 12.7. The molecule has 1 aliphatic rings. The van der Waals surface area contributed by atoms with Gasteiger partial charge in [-0.05, 0) is 48.7 Å². The van der Waals surface area contributed by atoms with Gasteiger partial charge in [0.1, 0.15) is 5.75 Å². The number of para-hydroxylation sites is 1. The van der Waals surface area contributed by atoms with Gasteiger partial charge in [-0.25, -0.2) is 0 Å². The predicted octanol–water partition coefficient (Wildman–Crippen LogP) is 1.93. The third-order valence-corrected chi connectivity index (χ3v) is 4.50. The molecule has 2 amide bonds. The number of hydrogen-bond donors (Lipinski definition) is 3. The molecule has 1 aliphatic heterocycles. The largest absolute Gasteiger partial charge is 0.480 e. The molecule has 0 bridgehead atoms. The van der Waals surface area contributed by atoms with Gasteiger partial charge in [-0.1, -0.05) is 18.2 Å². The summed E-state index contributed by atoms with van der Waals surface area (Å²) in [5.74, 6) is 0.214. The summed E-state index contributed by atoms with van der Waals surface area (Å²) in [6.45, 7) is 4.79. The lowest BCUT2D eigenvalue weighted by Crippen LogP contribution is -2.33. The Morgan fingerprint density at radius 2 is 1.92 bits per heavy atom. The monoisotopic (exact) mass is 353 g/mol. The van der Waals surface area contributed by atoms with Crippen LogP contribution in [0.2, 0.25) is 0 Å². The molecule has 2 aromatic carbocycles. The number of anilines is 1. The minimum Gasteiger partial charge on any atom is -0.480 e. The molecule has 2 aromatic rings. The molecule has 6 heteroatoms. The average molecular weight is 353 g/mol. The normalized spacial score (nSPS) is 15.1. The first-order valence-electron chi connectivity index (χ1n) is 8.64. The van der Waals surface area contributed by atoms with Crippen molar-refractivity contribution in [3.63, 3.8) is 0 Å². The number of hydrogen-bond acceptors (Lipinski definition) is 4. The Labute approximate surface area is 152 Å². The van der Waals surface area contributed by atoms with Crippen molar-refractivity contribution in [2.45, 2.75) is 26.4 Å². The van der Waals surface area contributed by atoms with Gasteiger partial charge in [0.2, 0.25) is 0 Å². The number of rotatable bonds is 5. The van der Waals surface area contributed by atoms with E-state index in [-0.39, 0.29) is 11.8 Å². The lowest BCUT2D eigenvalue weighted by atomic mass is 10.0. The third kappa shape index (κ3) is 3.70. The smallest absolute Gasteiger partial charge is 0.265 e. The zero-order chi connectivity index (χ0) is 18.7. The molecule has 0 saturated carbocycles. The van der Waals surface area contributed by atoms with Crippen molar-refractivity contribution in [3.8, 4) is 5.75 Å². The molecule has 1 heterocycles. The van der Waals surface area contributed by atoms with Gasteiger partial charge in [-0.15, -0.1) is 0 Å². The van der Waals surface area contributed by atoms with Crippen LogP contribution in [0.3, 0.4) is 0 Å². The van der Waals surface area contributed by atoms with Gasteiger partial charge in [0, 0.05) is 19.5 Å². The van der Waals surface area contributed by atoms with Crippen molar-refractivity contribution in [2.24, 2.45) is 5.73 Å².